The van der Waals surface area contributed by atoms with Crippen LogP contribution in [0.2, 0.25) is 0 Å². The van der Waals surface area contributed by atoms with Gasteiger partial charge in [-0.05, 0) is 6.42 Å². The number of aliphatic hydroxyl groups is 1. The average molecular weight is 212 g/mol. The van der Waals surface area contributed by atoms with E-state index in [0.29, 0.717) is 24.7 Å². The molecule has 1 atom stereocenters. The smallest absolute Gasteiger partial charge is 0.223 e. The molecule has 0 saturated heterocycles. The maximum Gasteiger partial charge on any atom is 0.223 e. The van der Waals surface area contributed by atoms with E-state index in [1.54, 1.807) is 7.11 Å². The highest BCUT2D eigenvalue weighted by atomic mass is 16.5. The van der Waals surface area contributed by atoms with Gasteiger partial charge in [-0.1, -0.05) is 0 Å². The lowest BCUT2D eigenvalue weighted by Gasteiger charge is -2.16. The number of nitrogens with two attached hydrogens (primary N) is 1. The Hall–Kier alpha value is -1.40. The highest BCUT2D eigenvalue weighted by Gasteiger charge is 2.08. The van der Waals surface area contributed by atoms with Crippen LogP contribution in [0.25, 0.3) is 0 Å². The van der Waals surface area contributed by atoms with Crippen molar-refractivity contribution in [2.45, 2.75) is 12.5 Å². The van der Waals surface area contributed by atoms with Gasteiger partial charge in [0.1, 0.15) is 0 Å². The van der Waals surface area contributed by atoms with Gasteiger partial charge in [-0.25, -0.2) is 9.97 Å². The molecular formula is C9H16N4O2. The molecule has 0 bridgehead atoms. The SMILES string of the molecule is COCC(CCO)Nc1ncc(N)cn1. The molecule has 1 aromatic heterocycles. The van der Waals surface area contributed by atoms with Crippen molar-refractivity contribution in [3.63, 3.8) is 0 Å². The second-order valence-corrected chi connectivity index (χ2v) is 3.15. The van der Waals surface area contributed by atoms with Crippen molar-refractivity contribution in [2.75, 3.05) is 31.4 Å². The first-order valence-electron chi connectivity index (χ1n) is 4.70. The molecule has 0 aliphatic rings. The summed E-state index contributed by atoms with van der Waals surface area (Å²) in [6.07, 6.45) is 3.64. The summed E-state index contributed by atoms with van der Waals surface area (Å²) >= 11 is 0. The second-order valence-electron chi connectivity index (χ2n) is 3.15. The van der Waals surface area contributed by atoms with E-state index in [4.69, 9.17) is 15.6 Å². The summed E-state index contributed by atoms with van der Waals surface area (Å²) in [5.74, 6) is 0.486. The molecule has 0 fully saturated rings. The minimum absolute atomic E-state index is 0.00336. The number of aliphatic hydroxyl groups excluding tert-OH is 1. The van der Waals surface area contributed by atoms with E-state index in [9.17, 15) is 0 Å². The van der Waals surface area contributed by atoms with Gasteiger partial charge in [0.15, 0.2) is 0 Å². The van der Waals surface area contributed by atoms with Crippen molar-refractivity contribution in [1.82, 2.24) is 9.97 Å². The molecule has 0 aliphatic heterocycles. The lowest BCUT2D eigenvalue weighted by Crippen LogP contribution is -2.27. The molecule has 1 heterocycles. The van der Waals surface area contributed by atoms with E-state index in [0.717, 1.165) is 0 Å². The number of nitrogens with one attached hydrogen (secondary N) is 1. The fourth-order valence-electron chi connectivity index (χ4n) is 1.15. The summed E-state index contributed by atoms with van der Waals surface area (Å²) in [4.78, 5) is 8.00. The average Bonchev–Trinajstić information content (AvgIpc) is 2.22. The molecule has 0 amide bonds. The van der Waals surface area contributed by atoms with Crippen LogP contribution in [-0.2, 0) is 4.74 Å². The molecule has 0 radical (unpaired) electrons. The van der Waals surface area contributed by atoms with Gasteiger partial charge in [-0.3, -0.25) is 0 Å². The Morgan fingerprint density at radius 1 is 1.53 bits per heavy atom. The summed E-state index contributed by atoms with van der Waals surface area (Å²) in [6, 6.07) is 0.00336. The topological polar surface area (TPSA) is 93.3 Å². The molecule has 4 N–H and O–H groups in total. The monoisotopic (exact) mass is 212 g/mol. The van der Waals surface area contributed by atoms with Crippen LogP contribution in [0.5, 0.6) is 0 Å². The van der Waals surface area contributed by atoms with Crippen molar-refractivity contribution in [3.05, 3.63) is 12.4 Å². The summed E-state index contributed by atoms with van der Waals surface area (Å²) in [5.41, 5.74) is 5.98. The summed E-state index contributed by atoms with van der Waals surface area (Å²) in [7, 11) is 1.61. The number of ether oxygens (including phenoxy) is 1. The molecule has 6 heteroatoms. The van der Waals surface area contributed by atoms with E-state index in [2.05, 4.69) is 15.3 Å². The van der Waals surface area contributed by atoms with Gasteiger partial charge >= 0.3 is 0 Å². The third-order valence-electron chi connectivity index (χ3n) is 1.85. The molecular weight excluding hydrogens is 196 g/mol. The number of rotatable bonds is 6. The van der Waals surface area contributed by atoms with Crippen LogP contribution < -0.4 is 11.1 Å². The van der Waals surface area contributed by atoms with Crippen LogP contribution in [0.3, 0.4) is 0 Å². The van der Waals surface area contributed by atoms with Crippen LogP contribution in [0.15, 0.2) is 12.4 Å². The van der Waals surface area contributed by atoms with Crippen LogP contribution in [-0.4, -0.2) is 41.4 Å². The zero-order valence-electron chi connectivity index (χ0n) is 8.68. The summed E-state index contributed by atoms with van der Waals surface area (Å²) in [6.45, 7) is 0.588. The number of hydrogen-bond acceptors (Lipinski definition) is 6. The number of methoxy groups -OCH3 is 1. The highest BCUT2D eigenvalue weighted by Crippen LogP contribution is 2.04. The molecule has 1 rings (SSSR count). The first kappa shape index (κ1) is 11.7. The fourth-order valence-corrected chi connectivity index (χ4v) is 1.15. The van der Waals surface area contributed by atoms with E-state index < -0.39 is 0 Å². The Bertz CT molecular complexity index is 272. The van der Waals surface area contributed by atoms with Gasteiger partial charge in [0, 0.05) is 13.7 Å². The second kappa shape index (κ2) is 6.15. The zero-order valence-corrected chi connectivity index (χ0v) is 8.68. The number of nitrogens with zero attached hydrogens (tertiary/aromatic N) is 2. The summed E-state index contributed by atoms with van der Waals surface area (Å²) < 4.78 is 5.00. The molecule has 0 aromatic carbocycles. The Labute approximate surface area is 88.5 Å². The van der Waals surface area contributed by atoms with Gasteiger partial charge in [0.2, 0.25) is 5.95 Å². The van der Waals surface area contributed by atoms with E-state index in [-0.39, 0.29) is 12.6 Å². The molecule has 0 saturated carbocycles. The lowest BCUT2D eigenvalue weighted by atomic mass is 10.2. The van der Waals surface area contributed by atoms with Crippen molar-refractivity contribution in [1.29, 1.82) is 0 Å². The molecule has 0 spiro atoms. The number of nitrogen functional groups attached to an aromatic ring is 1. The molecule has 1 aromatic rings. The predicted molar refractivity (Wildman–Crippen MR) is 57.4 cm³/mol. The van der Waals surface area contributed by atoms with Crippen LogP contribution in [0.4, 0.5) is 11.6 Å². The van der Waals surface area contributed by atoms with E-state index in [1.807, 2.05) is 0 Å². The van der Waals surface area contributed by atoms with Crippen LogP contribution in [0.1, 0.15) is 6.42 Å². The molecule has 6 nitrogen and oxygen atoms in total. The Kier molecular flexibility index (Phi) is 4.79. The Morgan fingerprint density at radius 2 is 2.20 bits per heavy atom. The van der Waals surface area contributed by atoms with Crippen molar-refractivity contribution in [3.8, 4) is 0 Å². The standard InChI is InChI=1S/C9H16N4O2/c1-15-6-8(2-3-14)13-9-11-4-7(10)5-12-9/h4-5,8,14H,2-3,6,10H2,1H3,(H,11,12,13). The van der Waals surface area contributed by atoms with Crippen molar-refractivity contribution >= 4 is 11.6 Å². The molecule has 0 aliphatic carbocycles. The van der Waals surface area contributed by atoms with Gasteiger partial charge in [-0.15, -0.1) is 0 Å². The molecule has 15 heavy (non-hydrogen) atoms. The minimum atomic E-state index is 0.00336. The first-order chi connectivity index (χ1) is 7.26. The zero-order chi connectivity index (χ0) is 11.1. The quantitative estimate of drug-likeness (QED) is 0.608. The Balaban J connectivity index is 2.53. The molecule has 1 unspecified atom stereocenters. The maximum atomic E-state index is 8.83. The Morgan fingerprint density at radius 3 is 2.73 bits per heavy atom. The maximum absolute atomic E-state index is 8.83. The predicted octanol–water partition coefficient (Wildman–Crippen LogP) is -0.132. The number of anilines is 2. The fraction of sp³-hybridized carbons (Fsp3) is 0.556. The van der Waals surface area contributed by atoms with Crippen LogP contribution in [0, 0.1) is 0 Å². The van der Waals surface area contributed by atoms with Gasteiger partial charge in [0.05, 0.1) is 30.7 Å². The summed E-state index contributed by atoms with van der Waals surface area (Å²) in [5, 5.41) is 11.9. The normalized spacial score (nSPS) is 12.4. The van der Waals surface area contributed by atoms with Gasteiger partial charge in [0.25, 0.3) is 0 Å². The van der Waals surface area contributed by atoms with E-state index >= 15 is 0 Å². The number of aromatic nitrogens is 2. The van der Waals surface area contributed by atoms with Gasteiger partial charge < -0.3 is 20.9 Å². The number of hydrogen-bond donors (Lipinski definition) is 3. The van der Waals surface area contributed by atoms with Gasteiger partial charge in [-0.2, -0.15) is 0 Å². The van der Waals surface area contributed by atoms with Crippen LogP contribution >= 0.6 is 0 Å². The largest absolute Gasteiger partial charge is 0.396 e. The highest BCUT2D eigenvalue weighted by molar-refractivity contribution is 5.36. The third kappa shape index (κ3) is 4.09. The molecule has 84 valence electrons. The minimum Gasteiger partial charge on any atom is -0.396 e. The van der Waals surface area contributed by atoms with Crippen molar-refractivity contribution in [2.24, 2.45) is 0 Å². The van der Waals surface area contributed by atoms with E-state index in [1.165, 1.54) is 12.4 Å². The van der Waals surface area contributed by atoms with Crippen molar-refractivity contribution < 1.29 is 9.84 Å². The third-order valence-corrected chi connectivity index (χ3v) is 1.85. The lowest BCUT2D eigenvalue weighted by molar-refractivity contribution is 0.170. The first-order valence-corrected chi connectivity index (χ1v) is 4.70.